The molecule has 0 saturated carbocycles. The van der Waals surface area contributed by atoms with Crippen molar-refractivity contribution in [2.75, 3.05) is 7.05 Å². The van der Waals surface area contributed by atoms with Crippen LogP contribution in [0.2, 0.25) is 5.02 Å². The van der Waals surface area contributed by atoms with Gasteiger partial charge in [-0.3, -0.25) is 14.2 Å². The molecule has 0 aliphatic heterocycles. The Bertz CT molecular complexity index is 569. The van der Waals surface area contributed by atoms with Gasteiger partial charge in [-0.1, -0.05) is 11.6 Å². The Hall–Kier alpha value is -1.82. The molecule has 0 radical (unpaired) electrons. The molecule has 0 bridgehead atoms. The van der Waals surface area contributed by atoms with Gasteiger partial charge in [-0.15, -0.1) is 0 Å². The molecule has 1 amide bonds. The van der Waals surface area contributed by atoms with E-state index in [0.29, 0.717) is 11.6 Å². The first-order valence-corrected chi connectivity index (χ1v) is 6.24. The van der Waals surface area contributed by atoms with Gasteiger partial charge in [0.25, 0.3) is 0 Å². The van der Waals surface area contributed by atoms with Crippen LogP contribution in [0.15, 0.2) is 18.6 Å². The number of aromatic nitrogens is 4. The van der Waals surface area contributed by atoms with Crippen LogP contribution in [-0.2, 0) is 24.9 Å². The minimum absolute atomic E-state index is 0.0250. The fraction of sp³-hybridized carbons (Fsp3) is 0.417. The second-order valence-corrected chi connectivity index (χ2v) is 4.94. The summed E-state index contributed by atoms with van der Waals surface area (Å²) in [5.41, 5.74) is 1.72. The maximum atomic E-state index is 12.0. The highest BCUT2D eigenvalue weighted by molar-refractivity contribution is 6.31. The van der Waals surface area contributed by atoms with Crippen LogP contribution in [0.25, 0.3) is 0 Å². The molecule has 6 nitrogen and oxygen atoms in total. The average molecular weight is 282 g/mol. The molecule has 0 spiro atoms. The number of hydrogen-bond donors (Lipinski definition) is 0. The van der Waals surface area contributed by atoms with Gasteiger partial charge in [-0.25, -0.2) is 0 Å². The summed E-state index contributed by atoms with van der Waals surface area (Å²) in [5.74, 6) is -0.0250. The Balaban J connectivity index is 1.95. The third kappa shape index (κ3) is 3.35. The van der Waals surface area contributed by atoms with Crippen molar-refractivity contribution in [3.8, 4) is 0 Å². The Morgan fingerprint density at radius 2 is 2.21 bits per heavy atom. The van der Waals surface area contributed by atoms with E-state index in [2.05, 4.69) is 10.2 Å². The molecule has 102 valence electrons. The molecule has 2 heterocycles. The van der Waals surface area contributed by atoms with E-state index < -0.39 is 0 Å². The standard InChI is InChI=1S/C12H16ClN5O/c1-9-11(13)7-18(15-9)8-12(19)16(2)5-10-4-14-17(3)6-10/h4,6-7H,5,8H2,1-3H3. The highest BCUT2D eigenvalue weighted by Crippen LogP contribution is 2.12. The molecule has 0 saturated heterocycles. The fourth-order valence-electron chi connectivity index (χ4n) is 1.75. The van der Waals surface area contributed by atoms with Crippen LogP contribution in [0.4, 0.5) is 0 Å². The zero-order valence-electron chi connectivity index (χ0n) is 11.2. The second kappa shape index (κ2) is 5.44. The van der Waals surface area contributed by atoms with E-state index in [4.69, 9.17) is 11.6 Å². The van der Waals surface area contributed by atoms with Crippen molar-refractivity contribution >= 4 is 17.5 Å². The third-order valence-electron chi connectivity index (χ3n) is 2.79. The van der Waals surface area contributed by atoms with Crippen LogP contribution in [-0.4, -0.2) is 37.4 Å². The summed E-state index contributed by atoms with van der Waals surface area (Å²) in [6, 6.07) is 0. The van der Waals surface area contributed by atoms with E-state index in [1.54, 1.807) is 33.7 Å². The quantitative estimate of drug-likeness (QED) is 0.847. The molecular weight excluding hydrogens is 266 g/mol. The summed E-state index contributed by atoms with van der Waals surface area (Å²) in [7, 11) is 3.60. The monoisotopic (exact) mass is 281 g/mol. The van der Waals surface area contributed by atoms with Crippen molar-refractivity contribution in [1.82, 2.24) is 24.5 Å². The lowest BCUT2D eigenvalue weighted by Gasteiger charge is -2.16. The van der Waals surface area contributed by atoms with Crippen molar-refractivity contribution in [2.45, 2.75) is 20.0 Å². The Kier molecular flexibility index (Phi) is 3.90. The molecule has 0 unspecified atom stereocenters. The lowest BCUT2D eigenvalue weighted by molar-refractivity contribution is -0.131. The Morgan fingerprint density at radius 3 is 2.74 bits per heavy atom. The first kappa shape index (κ1) is 13.6. The van der Waals surface area contributed by atoms with Gasteiger partial charge in [0, 0.05) is 38.6 Å². The molecule has 7 heteroatoms. The predicted molar refractivity (Wildman–Crippen MR) is 71.7 cm³/mol. The average Bonchev–Trinajstić information content (AvgIpc) is 2.86. The zero-order chi connectivity index (χ0) is 14.0. The van der Waals surface area contributed by atoms with Crippen molar-refractivity contribution in [2.24, 2.45) is 7.05 Å². The summed E-state index contributed by atoms with van der Waals surface area (Å²) in [5, 5.41) is 8.81. The predicted octanol–water partition coefficient (Wildman–Crippen LogP) is 1.24. The van der Waals surface area contributed by atoms with Gasteiger partial charge in [-0.2, -0.15) is 10.2 Å². The lowest BCUT2D eigenvalue weighted by atomic mass is 10.3. The molecule has 0 aliphatic rings. The van der Waals surface area contributed by atoms with Gasteiger partial charge in [0.2, 0.25) is 5.91 Å². The van der Waals surface area contributed by atoms with Crippen LogP contribution < -0.4 is 0 Å². The molecule has 2 aromatic heterocycles. The van der Waals surface area contributed by atoms with E-state index >= 15 is 0 Å². The maximum Gasteiger partial charge on any atom is 0.244 e. The maximum absolute atomic E-state index is 12.0. The van der Waals surface area contributed by atoms with Gasteiger partial charge in [0.1, 0.15) is 6.54 Å². The molecular formula is C12H16ClN5O. The summed E-state index contributed by atoms with van der Waals surface area (Å²) in [6.07, 6.45) is 5.30. The van der Waals surface area contributed by atoms with Gasteiger partial charge in [-0.05, 0) is 6.92 Å². The molecule has 0 aliphatic carbocycles. The third-order valence-corrected chi connectivity index (χ3v) is 3.16. The first-order chi connectivity index (χ1) is 8.95. The minimum atomic E-state index is -0.0250. The van der Waals surface area contributed by atoms with E-state index in [-0.39, 0.29) is 12.5 Å². The number of halogens is 1. The molecule has 0 fully saturated rings. The molecule has 0 aromatic carbocycles. The summed E-state index contributed by atoms with van der Waals surface area (Å²) < 4.78 is 3.27. The largest absolute Gasteiger partial charge is 0.340 e. The number of hydrogen-bond acceptors (Lipinski definition) is 3. The molecule has 19 heavy (non-hydrogen) atoms. The number of carbonyl (C=O) groups is 1. The highest BCUT2D eigenvalue weighted by atomic mass is 35.5. The van der Waals surface area contributed by atoms with Crippen LogP contribution in [0.5, 0.6) is 0 Å². The van der Waals surface area contributed by atoms with Crippen molar-refractivity contribution in [1.29, 1.82) is 0 Å². The first-order valence-electron chi connectivity index (χ1n) is 5.86. The van der Waals surface area contributed by atoms with E-state index in [9.17, 15) is 4.79 Å². The second-order valence-electron chi connectivity index (χ2n) is 4.53. The number of aryl methyl sites for hydroxylation is 2. The molecule has 0 N–H and O–H groups in total. The van der Waals surface area contributed by atoms with Crippen LogP contribution in [0.1, 0.15) is 11.3 Å². The Labute approximate surface area is 116 Å². The summed E-state index contributed by atoms with van der Waals surface area (Å²) in [6.45, 7) is 2.52. The van der Waals surface area contributed by atoms with E-state index in [0.717, 1.165) is 11.3 Å². The molecule has 2 rings (SSSR count). The van der Waals surface area contributed by atoms with Gasteiger partial charge in [0.15, 0.2) is 0 Å². The van der Waals surface area contributed by atoms with Crippen molar-refractivity contribution in [3.63, 3.8) is 0 Å². The Morgan fingerprint density at radius 1 is 1.47 bits per heavy atom. The number of likely N-dealkylation sites (N-methyl/N-ethyl adjacent to an activating group) is 1. The summed E-state index contributed by atoms with van der Waals surface area (Å²) >= 11 is 5.91. The normalized spacial score (nSPS) is 10.7. The van der Waals surface area contributed by atoms with Crippen molar-refractivity contribution in [3.05, 3.63) is 34.9 Å². The SMILES string of the molecule is Cc1nn(CC(=O)N(C)Cc2cnn(C)c2)cc1Cl. The van der Waals surface area contributed by atoms with Crippen LogP contribution in [0.3, 0.4) is 0 Å². The van der Waals surface area contributed by atoms with E-state index in [1.165, 1.54) is 0 Å². The van der Waals surface area contributed by atoms with Gasteiger partial charge in [0.05, 0.1) is 16.9 Å². The zero-order valence-corrected chi connectivity index (χ0v) is 11.9. The molecule has 0 atom stereocenters. The number of rotatable bonds is 4. The topological polar surface area (TPSA) is 56.0 Å². The van der Waals surface area contributed by atoms with Crippen molar-refractivity contribution < 1.29 is 4.79 Å². The van der Waals surface area contributed by atoms with Crippen LogP contribution in [0, 0.1) is 6.92 Å². The minimum Gasteiger partial charge on any atom is -0.340 e. The lowest BCUT2D eigenvalue weighted by Crippen LogP contribution is -2.29. The number of carbonyl (C=O) groups excluding carboxylic acids is 1. The smallest absolute Gasteiger partial charge is 0.244 e. The van der Waals surface area contributed by atoms with E-state index in [1.807, 2.05) is 20.2 Å². The fourth-order valence-corrected chi connectivity index (χ4v) is 1.90. The highest BCUT2D eigenvalue weighted by Gasteiger charge is 2.12. The molecule has 2 aromatic rings. The van der Waals surface area contributed by atoms with Gasteiger partial charge < -0.3 is 4.90 Å². The van der Waals surface area contributed by atoms with Crippen LogP contribution >= 0.6 is 11.6 Å². The summed E-state index contributed by atoms with van der Waals surface area (Å²) in [4.78, 5) is 13.7. The number of amides is 1. The number of nitrogens with zero attached hydrogens (tertiary/aromatic N) is 5. The van der Waals surface area contributed by atoms with Gasteiger partial charge >= 0.3 is 0 Å².